The van der Waals surface area contributed by atoms with Crippen molar-refractivity contribution in [2.75, 3.05) is 6.54 Å². The van der Waals surface area contributed by atoms with Gasteiger partial charge in [-0.15, -0.1) is 0 Å². The smallest absolute Gasteiger partial charge is 0.241 e. The van der Waals surface area contributed by atoms with Crippen LogP contribution in [-0.4, -0.2) is 52.5 Å². The van der Waals surface area contributed by atoms with Gasteiger partial charge in [0.1, 0.15) is 6.04 Å². The maximum Gasteiger partial charge on any atom is 0.241 e. The molecule has 5 heteroatoms. The van der Waals surface area contributed by atoms with Crippen LogP contribution in [0.4, 0.5) is 0 Å². The number of hydrogen-bond acceptors (Lipinski definition) is 4. The number of amides is 1. The van der Waals surface area contributed by atoms with Crippen molar-refractivity contribution >= 4 is 5.91 Å². The first-order chi connectivity index (χ1) is 13.2. The monoisotopic (exact) mass is 370 g/mol. The lowest BCUT2D eigenvalue weighted by atomic mass is 9.82. The Morgan fingerprint density at radius 1 is 1.04 bits per heavy atom. The molecule has 148 valence electrons. The summed E-state index contributed by atoms with van der Waals surface area (Å²) in [6, 6.07) is 3.29. The van der Waals surface area contributed by atoms with Crippen molar-refractivity contribution in [3.8, 4) is 6.07 Å². The molecule has 5 rings (SSSR count). The molecule has 1 amide bonds. The Bertz CT molecular complexity index is 610. The standard InChI is InChI=1S/C22H34N4O/c23-12-19-8-15-11-20(15)26(19)22(27)21(24)16-9-17-6-7-18(10-16)25(17)13-14-4-2-1-3-5-14/h14-21H,1-11,13,24H2/t15?,16?,17-,18?,19?,20?,21-/m0/s1. The van der Waals surface area contributed by atoms with Crippen LogP contribution in [0.3, 0.4) is 0 Å². The zero-order valence-corrected chi connectivity index (χ0v) is 16.4. The van der Waals surface area contributed by atoms with Crippen molar-refractivity contribution in [3.63, 3.8) is 0 Å². The van der Waals surface area contributed by atoms with E-state index in [1.165, 1.54) is 51.5 Å². The highest BCUT2D eigenvalue weighted by Crippen LogP contribution is 2.48. The molecule has 5 fully saturated rings. The van der Waals surface area contributed by atoms with Gasteiger partial charge < -0.3 is 10.6 Å². The molecule has 7 atom stereocenters. The lowest BCUT2D eigenvalue weighted by Gasteiger charge is -2.43. The van der Waals surface area contributed by atoms with Gasteiger partial charge in [-0.1, -0.05) is 19.3 Å². The fourth-order valence-corrected chi connectivity index (χ4v) is 6.84. The van der Waals surface area contributed by atoms with Crippen molar-refractivity contribution in [2.45, 2.75) is 101 Å². The molecular formula is C22H34N4O. The first-order valence-corrected chi connectivity index (χ1v) is 11.4. The van der Waals surface area contributed by atoms with Crippen LogP contribution in [0, 0.1) is 29.1 Å². The predicted octanol–water partition coefficient (Wildman–Crippen LogP) is 2.65. The van der Waals surface area contributed by atoms with Gasteiger partial charge in [-0.3, -0.25) is 9.69 Å². The molecule has 0 aromatic carbocycles. The number of likely N-dealkylation sites (tertiary alicyclic amines) is 1. The quantitative estimate of drug-likeness (QED) is 0.826. The fourth-order valence-electron chi connectivity index (χ4n) is 6.84. The zero-order valence-electron chi connectivity index (χ0n) is 16.4. The van der Waals surface area contributed by atoms with E-state index in [0.29, 0.717) is 30.0 Å². The van der Waals surface area contributed by atoms with Crippen molar-refractivity contribution in [2.24, 2.45) is 23.5 Å². The second-order valence-corrected chi connectivity index (χ2v) is 10.0. The Balaban J connectivity index is 1.21. The number of fused-ring (bicyclic) bond motifs is 3. The number of rotatable bonds is 4. The normalized spacial score (nSPS) is 42.6. The molecule has 0 aromatic rings. The summed E-state index contributed by atoms with van der Waals surface area (Å²) in [7, 11) is 0. The second kappa shape index (κ2) is 7.04. The highest BCUT2D eigenvalue weighted by Gasteiger charge is 2.55. The molecule has 2 aliphatic carbocycles. The van der Waals surface area contributed by atoms with Crippen LogP contribution in [0.15, 0.2) is 0 Å². The number of carbonyl (C=O) groups is 1. The van der Waals surface area contributed by atoms with Gasteiger partial charge in [0, 0.05) is 24.7 Å². The topological polar surface area (TPSA) is 73.4 Å². The predicted molar refractivity (Wildman–Crippen MR) is 104 cm³/mol. The average molecular weight is 371 g/mol. The van der Waals surface area contributed by atoms with Gasteiger partial charge in [0.05, 0.1) is 12.1 Å². The van der Waals surface area contributed by atoms with Crippen LogP contribution >= 0.6 is 0 Å². The molecule has 3 heterocycles. The molecule has 0 spiro atoms. The molecule has 3 aliphatic heterocycles. The van der Waals surface area contributed by atoms with Crippen LogP contribution in [0.25, 0.3) is 0 Å². The number of carbonyl (C=O) groups excluding carboxylic acids is 1. The van der Waals surface area contributed by atoms with Crippen LogP contribution in [0.2, 0.25) is 0 Å². The lowest BCUT2D eigenvalue weighted by Crippen LogP contribution is -2.55. The third-order valence-electron chi connectivity index (χ3n) is 8.42. The highest BCUT2D eigenvalue weighted by molar-refractivity contribution is 5.84. The van der Waals surface area contributed by atoms with Gasteiger partial charge in [-0.2, -0.15) is 5.26 Å². The van der Waals surface area contributed by atoms with Gasteiger partial charge in [-0.05, 0) is 69.1 Å². The zero-order chi connectivity index (χ0) is 18.5. The van der Waals surface area contributed by atoms with Gasteiger partial charge in [0.2, 0.25) is 5.91 Å². The first kappa shape index (κ1) is 17.9. The third-order valence-corrected chi connectivity index (χ3v) is 8.42. The van der Waals surface area contributed by atoms with E-state index >= 15 is 0 Å². The summed E-state index contributed by atoms with van der Waals surface area (Å²) in [5.41, 5.74) is 6.53. The molecule has 5 nitrogen and oxygen atoms in total. The van der Waals surface area contributed by atoms with E-state index in [-0.39, 0.29) is 11.9 Å². The van der Waals surface area contributed by atoms with Crippen LogP contribution in [0.1, 0.15) is 70.6 Å². The van der Waals surface area contributed by atoms with Crippen LogP contribution in [0.5, 0.6) is 0 Å². The summed E-state index contributed by atoms with van der Waals surface area (Å²) >= 11 is 0. The molecule has 3 saturated heterocycles. The fraction of sp³-hybridized carbons (Fsp3) is 0.909. The number of nitriles is 1. The van der Waals surface area contributed by atoms with E-state index in [1.54, 1.807) is 0 Å². The minimum absolute atomic E-state index is 0.0664. The average Bonchev–Trinajstić information content (AvgIpc) is 3.31. The minimum atomic E-state index is -0.403. The highest BCUT2D eigenvalue weighted by atomic mass is 16.2. The molecule has 27 heavy (non-hydrogen) atoms. The SMILES string of the molecule is N#CC1CC2CC2N1C(=O)[C@@H](N)C1CC2CC[C@@H](C1)N2CC1CCCCC1. The van der Waals surface area contributed by atoms with E-state index in [0.717, 1.165) is 31.6 Å². The molecule has 0 aromatic heterocycles. The number of nitrogens with zero attached hydrogens (tertiary/aromatic N) is 3. The van der Waals surface area contributed by atoms with Crippen molar-refractivity contribution in [1.82, 2.24) is 9.80 Å². The minimum Gasteiger partial charge on any atom is -0.322 e. The summed E-state index contributed by atoms with van der Waals surface area (Å²) in [6.07, 6.45) is 13.7. The van der Waals surface area contributed by atoms with Crippen molar-refractivity contribution in [1.29, 1.82) is 5.26 Å². The summed E-state index contributed by atoms with van der Waals surface area (Å²) in [5.74, 6) is 1.83. The van der Waals surface area contributed by atoms with E-state index in [9.17, 15) is 10.1 Å². The van der Waals surface area contributed by atoms with E-state index in [2.05, 4.69) is 11.0 Å². The number of piperidine rings is 2. The van der Waals surface area contributed by atoms with Crippen LogP contribution in [-0.2, 0) is 4.79 Å². The number of hydrogen-bond donors (Lipinski definition) is 1. The van der Waals surface area contributed by atoms with E-state index in [1.807, 2.05) is 4.90 Å². The van der Waals surface area contributed by atoms with E-state index in [4.69, 9.17) is 5.73 Å². The van der Waals surface area contributed by atoms with Crippen molar-refractivity contribution in [3.05, 3.63) is 0 Å². The van der Waals surface area contributed by atoms with Crippen LogP contribution < -0.4 is 5.73 Å². The Morgan fingerprint density at radius 3 is 2.41 bits per heavy atom. The summed E-state index contributed by atoms with van der Waals surface area (Å²) in [5, 5.41) is 9.41. The number of nitrogens with two attached hydrogens (primary N) is 1. The first-order valence-electron chi connectivity index (χ1n) is 11.4. The largest absolute Gasteiger partial charge is 0.322 e. The molecule has 2 N–H and O–H groups in total. The Morgan fingerprint density at radius 2 is 1.74 bits per heavy atom. The second-order valence-electron chi connectivity index (χ2n) is 10.0. The lowest BCUT2D eigenvalue weighted by molar-refractivity contribution is -0.135. The van der Waals surface area contributed by atoms with Gasteiger partial charge in [-0.25, -0.2) is 0 Å². The Hall–Kier alpha value is -1.12. The maximum absolute atomic E-state index is 13.1. The van der Waals surface area contributed by atoms with Gasteiger partial charge >= 0.3 is 0 Å². The summed E-state index contributed by atoms with van der Waals surface area (Å²) < 4.78 is 0. The molecule has 0 radical (unpaired) electrons. The molecular weight excluding hydrogens is 336 g/mol. The molecule has 5 unspecified atom stereocenters. The molecule has 5 aliphatic rings. The third kappa shape index (κ3) is 3.19. The summed E-state index contributed by atoms with van der Waals surface area (Å²) in [4.78, 5) is 17.8. The van der Waals surface area contributed by atoms with E-state index < -0.39 is 6.04 Å². The van der Waals surface area contributed by atoms with Gasteiger partial charge in [0.25, 0.3) is 0 Å². The van der Waals surface area contributed by atoms with Gasteiger partial charge in [0.15, 0.2) is 0 Å². The molecule has 2 saturated carbocycles. The molecule has 2 bridgehead atoms. The van der Waals surface area contributed by atoms with Crippen molar-refractivity contribution < 1.29 is 4.79 Å². The maximum atomic E-state index is 13.1. The Kier molecular flexibility index (Phi) is 4.68. The Labute approximate surface area is 163 Å². The summed E-state index contributed by atoms with van der Waals surface area (Å²) in [6.45, 7) is 1.28.